The Morgan fingerprint density at radius 3 is 1.00 bits per heavy atom. The second-order valence-electron chi connectivity index (χ2n) is 0. The van der Waals surface area contributed by atoms with Crippen LogP contribution < -0.4 is 0 Å². The third kappa shape index (κ3) is 8.82. The van der Waals surface area contributed by atoms with Crippen molar-refractivity contribution >= 4 is 0 Å². The summed E-state index contributed by atoms with van der Waals surface area (Å²) in [6.45, 7) is 0. The smallest absolute Gasteiger partial charge is 0 e. The van der Waals surface area contributed by atoms with Gasteiger partial charge in [-0.25, -0.2) is 0 Å². The van der Waals surface area contributed by atoms with Gasteiger partial charge in [-0.05, 0) is 0 Å². The Balaban J connectivity index is 0. The van der Waals surface area contributed by atoms with Crippen LogP contribution in [-0.2, 0) is 78.5 Å². The third-order valence-electron chi connectivity index (χ3n) is 0. The van der Waals surface area contributed by atoms with Crippen LogP contribution >= 0.6 is 0 Å². The monoisotopic (exact) mass is 550 g/mol. The van der Waals surface area contributed by atoms with Gasteiger partial charge in [0.25, 0.3) is 0 Å². The molecule has 0 aromatic rings. The summed E-state index contributed by atoms with van der Waals surface area (Å²) in [6, 6.07) is 0. The summed E-state index contributed by atoms with van der Waals surface area (Å²) in [7, 11) is 0. The molecule has 0 atom stereocenters. The molecule has 4 heteroatoms. The molecule has 0 unspecified atom stereocenters. The van der Waals surface area contributed by atoms with Crippen molar-refractivity contribution in [1.82, 2.24) is 0 Å². The largest absolute Gasteiger partial charge is 0 e. The van der Waals surface area contributed by atoms with Crippen LogP contribution in [0.25, 0.3) is 0 Å². The maximum atomic E-state index is 0. The van der Waals surface area contributed by atoms with E-state index in [9.17, 15) is 0 Å². The van der Waals surface area contributed by atoms with Crippen molar-refractivity contribution in [3.8, 4) is 0 Å². The minimum atomic E-state index is 0. The molecule has 0 saturated heterocycles. The van der Waals surface area contributed by atoms with E-state index >= 15 is 0 Å². The molecule has 38 valence electrons. The minimum Gasteiger partial charge on any atom is 0 e. The number of hydrogen-bond acceptors (Lipinski definition) is 0. The van der Waals surface area contributed by atoms with Crippen LogP contribution in [0.2, 0.25) is 0 Å². The molecule has 0 amide bonds. The Morgan fingerprint density at radius 1 is 1.00 bits per heavy atom. The molecule has 0 N–H and O–H groups in total. The zero-order valence-electron chi connectivity index (χ0n) is 1.30. The van der Waals surface area contributed by atoms with Crippen LogP contribution in [-0.4, -0.2) is 0 Å². The molecule has 4 heavy (non-hydrogen) atoms. The average molecular weight is 549 g/mol. The second kappa shape index (κ2) is 17.8. The summed E-state index contributed by atoms with van der Waals surface area (Å²) >= 11 is 0. The van der Waals surface area contributed by atoms with Crippen LogP contribution in [0.15, 0.2) is 0 Å². The predicted molar refractivity (Wildman–Crippen MR) is 0 cm³/mol. The molecule has 0 spiro atoms. The quantitative estimate of drug-likeness (QED) is 0.374. The van der Waals surface area contributed by atoms with Gasteiger partial charge in [-0.3, -0.25) is 0 Å². The van der Waals surface area contributed by atoms with Gasteiger partial charge in [-0.15, -0.1) is 0 Å². The zero-order chi connectivity index (χ0) is 0. The van der Waals surface area contributed by atoms with Crippen molar-refractivity contribution in [2.75, 3.05) is 0 Å². The van der Waals surface area contributed by atoms with Crippen LogP contribution in [0, 0.1) is 0 Å². The molecule has 0 fully saturated rings. The molecular formula is AuIrNiRu. The van der Waals surface area contributed by atoms with E-state index in [2.05, 4.69) is 0 Å². The van der Waals surface area contributed by atoms with E-state index in [1.54, 1.807) is 0 Å². The predicted octanol–water partition coefficient (Wildman–Crippen LogP) is -0.0100. The van der Waals surface area contributed by atoms with Crippen molar-refractivity contribution in [2.45, 2.75) is 0 Å². The molecule has 2 radical (unpaired) electrons. The fraction of sp³-hybridized carbons (Fsp3) is 0. The maximum absolute atomic E-state index is 0. The minimum absolute atomic E-state index is 0. The van der Waals surface area contributed by atoms with E-state index in [1.807, 2.05) is 0 Å². The molecule has 0 aromatic carbocycles. The molecular weight excluding hydrogens is 549 g/mol. The van der Waals surface area contributed by atoms with Gasteiger partial charge in [0.1, 0.15) is 0 Å². The molecule has 0 bridgehead atoms. The standard InChI is InChI=1S/Au.Ir.Ni.Ru. The zero-order valence-corrected chi connectivity index (χ0v) is 8.59. The Kier molecular flexibility index (Phi) is 140. The molecule has 0 saturated carbocycles. The fourth-order valence-corrected chi connectivity index (χ4v) is 0. The molecule has 0 aromatic heterocycles. The number of rotatable bonds is 0. The first-order valence-corrected chi connectivity index (χ1v) is 0. The molecule has 0 aliphatic heterocycles. The van der Waals surface area contributed by atoms with Crippen LogP contribution in [0.4, 0.5) is 0 Å². The van der Waals surface area contributed by atoms with E-state index in [1.165, 1.54) is 0 Å². The summed E-state index contributed by atoms with van der Waals surface area (Å²) in [6.07, 6.45) is 0. The van der Waals surface area contributed by atoms with Gasteiger partial charge < -0.3 is 0 Å². The summed E-state index contributed by atoms with van der Waals surface area (Å²) < 4.78 is 0. The van der Waals surface area contributed by atoms with Gasteiger partial charge in [-0.1, -0.05) is 0 Å². The molecule has 0 nitrogen and oxygen atoms in total. The van der Waals surface area contributed by atoms with Gasteiger partial charge in [0.05, 0.1) is 0 Å². The van der Waals surface area contributed by atoms with E-state index in [-0.39, 0.29) is 78.5 Å². The first-order chi connectivity index (χ1) is 0. The summed E-state index contributed by atoms with van der Waals surface area (Å²) in [5.41, 5.74) is 0. The molecule has 0 rings (SSSR count). The van der Waals surface area contributed by atoms with Crippen molar-refractivity contribution in [2.24, 2.45) is 0 Å². The van der Waals surface area contributed by atoms with Crippen molar-refractivity contribution in [1.29, 1.82) is 0 Å². The Morgan fingerprint density at radius 2 is 1.00 bits per heavy atom. The fourth-order valence-electron chi connectivity index (χ4n) is 0. The molecule has 0 aliphatic rings. The van der Waals surface area contributed by atoms with Crippen LogP contribution in [0.3, 0.4) is 0 Å². The van der Waals surface area contributed by atoms with E-state index in [4.69, 9.17) is 0 Å². The summed E-state index contributed by atoms with van der Waals surface area (Å²) in [5, 5.41) is 0. The van der Waals surface area contributed by atoms with Crippen LogP contribution in [0.1, 0.15) is 0 Å². The SMILES string of the molecule is [Au].[Ir].[Ni].[Ru]. The summed E-state index contributed by atoms with van der Waals surface area (Å²) in [5.74, 6) is 0. The normalized spacial score (nSPS) is 0. The van der Waals surface area contributed by atoms with Gasteiger partial charge in [0.2, 0.25) is 0 Å². The Bertz CT molecular complexity index is 8.00. The first-order valence-electron chi connectivity index (χ1n) is 0. The Labute approximate surface area is 77.4 Å². The molecule has 0 aliphatic carbocycles. The van der Waals surface area contributed by atoms with Gasteiger partial charge in [0, 0.05) is 78.5 Å². The van der Waals surface area contributed by atoms with E-state index in [0.717, 1.165) is 0 Å². The van der Waals surface area contributed by atoms with E-state index < -0.39 is 0 Å². The average Bonchev–Trinajstić information content (AvgIpc) is 0. The van der Waals surface area contributed by atoms with Gasteiger partial charge >= 0.3 is 0 Å². The number of hydrogen-bond donors (Lipinski definition) is 0. The topological polar surface area (TPSA) is 0 Å². The maximum Gasteiger partial charge on any atom is 0 e. The third-order valence-corrected chi connectivity index (χ3v) is 0. The van der Waals surface area contributed by atoms with Crippen molar-refractivity contribution in [3.63, 3.8) is 0 Å². The van der Waals surface area contributed by atoms with E-state index in [0.29, 0.717) is 0 Å². The van der Waals surface area contributed by atoms with Gasteiger partial charge in [0.15, 0.2) is 0 Å². The Hall–Kier alpha value is 2.51. The van der Waals surface area contributed by atoms with Crippen molar-refractivity contribution in [3.05, 3.63) is 0 Å². The second-order valence-corrected chi connectivity index (χ2v) is 0. The van der Waals surface area contributed by atoms with Gasteiger partial charge in [-0.2, -0.15) is 0 Å². The summed E-state index contributed by atoms with van der Waals surface area (Å²) in [4.78, 5) is 0. The van der Waals surface area contributed by atoms with Crippen LogP contribution in [0.5, 0.6) is 0 Å². The van der Waals surface area contributed by atoms with Crippen molar-refractivity contribution < 1.29 is 78.5 Å². The molecule has 0 heterocycles. The first kappa shape index (κ1) is 31.4.